The average molecular weight is 153 g/mol. The van der Waals surface area contributed by atoms with Gasteiger partial charge in [-0.3, -0.25) is 0 Å². The van der Waals surface area contributed by atoms with Crippen molar-refractivity contribution in [2.24, 2.45) is 7.05 Å². The molecule has 1 aromatic heterocycles. The molecule has 60 valence electrons. The normalized spacial score (nSPS) is 10.1. The highest BCUT2D eigenvalue weighted by atomic mass is 16.4. The Hall–Kier alpha value is -1.25. The molecule has 0 spiro atoms. The number of nitrogens with zero attached hydrogens (tertiary/aromatic N) is 1. The second-order valence-corrected chi connectivity index (χ2v) is 2.70. The van der Waals surface area contributed by atoms with E-state index >= 15 is 0 Å². The zero-order valence-electron chi connectivity index (χ0n) is 6.88. The van der Waals surface area contributed by atoms with Crippen LogP contribution in [0.25, 0.3) is 0 Å². The van der Waals surface area contributed by atoms with Crippen LogP contribution >= 0.6 is 0 Å². The molecule has 0 saturated heterocycles. The second kappa shape index (κ2) is 2.42. The maximum atomic E-state index is 10.6. The number of carboxylic acid groups (broad SMARTS) is 1. The average Bonchev–Trinajstić information content (AvgIpc) is 2.07. The minimum atomic E-state index is -0.863. The van der Waals surface area contributed by atoms with Crippen LogP contribution in [-0.2, 0) is 7.05 Å². The minimum Gasteiger partial charge on any atom is -0.477 e. The van der Waals surface area contributed by atoms with E-state index in [1.807, 2.05) is 20.0 Å². The fraction of sp³-hybridized carbons (Fsp3) is 0.375. The Balaban J connectivity index is 3.34. The number of aromatic carboxylic acids is 1. The van der Waals surface area contributed by atoms with Crippen molar-refractivity contribution in [2.45, 2.75) is 13.8 Å². The Kier molecular flexibility index (Phi) is 1.72. The maximum Gasteiger partial charge on any atom is 0.352 e. The van der Waals surface area contributed by atoms with Gasteiger partial charge >= 0.3 is 5.97 Å². The lowest BCUT2D eigenvalue weighted by Crippen LogP contribution is -2.05. The van der Waals surface area contributed by atoms with Gasteiger partial charge in [0.1, 0.15) is 5.69 Å². The summed E-state index contributed by atoms with van der Waals surface area (Å²) in [6, 6.07) is 0. The van der Waals surface area contributed by atoms with Gasteiger partial charge in [0.05, 0.1) is 0 Å². The summed E-state index contributed by atoms with van der Waals surface area (Å²) in [6.45, 7) is 3.72. The highest BCUT2D eigenvalue weighted by molar-refractivity contribution is 5.88. The summed E-state index contributed by atoms with van der Waals surface area (Å²) < 4.78 is 1.63. The van der Waals surface area contributed by atoms with E-state index in [0.29, 0.717) is 5.69 Å². The van der Waals surface area contributed by atoms with E-state index in [4.69, 9.17) is 5.11 Å². The molecular weight excluding hydrogens is 142 g/mol. The number of hydrogen-bond donors (Lipinski definition) is 1. The molecule has 0 aliphatic rings. The van der Waals surface area contributed by atoms with E-state index in [9.17, 15) is 4.79 Å². The molecule has 0 aromatic carbocycles. The standard InChI is InChI=1S/C8H11NO2/c1-5-4-9(3)7(6(5)2)8(10)11/h4H,1-3H3,(H,10,11). The van der Waals surface area contributed by atoms with Crippen LogP contribution in [-0.4, -0.2) is 15.6 Å². The highest BCUT2D eigenvalue weighted by Crippen LogP contribution is 2.13. The number of aromatic nitrogens is 1. The first-order valence-corrected chi connectivity index (χ1v) is 3.40. The quantitative estimate of drug-likeness (QED) is 0.661. The number of rotatable bonds is 1. The summed E-state index contributed by atoms with van der Waals surface area (Å²) in [7, 11) is 1.74. The fourth-order valence-corrected chi connectivity index (χ4v) is 1.21. The lowest BCUT2D eigenvalue weighted by atomic mass is 10.2. The maximum absolute atomic E-state index is 10.6. The highest BCUT2D eigenvalue weighted by Gasteiger charge is 2.12. The molecule has 3 nitrogen and oxygen atoms in total. The predicted octanol–water partition coefficient (Wildman–Crippen LogP) is 1.34. The van der Waals surface area contributed by atoms with Crippen molar-refractivity contribution in [3.63, 3.8) is 0 Å². The third kappa shape index (κ3) is 1.13. The molecule has 3 heteroatoms. The summed E-state index contributed by atoms with van der Waals surface area (Å²) in [5.41, 5.74) is 2.24. The van der Waals surface area contributed by atoms with Gasteiger partial charge in [-0.05, 0) is 25.0 Å². The van der Waals surface area contributed by atoms with Crippen molar-refractivity contribution in [1.29, 1.82) is 0 Å². The summed E-state index contributed by atoms with van der Waals surface area (Å²) in [4.78, 5) is 10.6. The first kappa shape index (κ1) is 7.85. The van der Waals surface area contributed by atoms with Crippen LogP contribution in [0.3, 0.4) is 0 Å². The Morgan fingerprint density at radius 1 is 1.55 bits per heavy atom. The number of hydrogen-bond acceptors (Lipinski definition) is 1. The van der Waals surface area contributed by atoms with Gasteiger partial charge in [0.15, 0.2) is 0 Å². The van der Waals surface area contributed by atoms with Crippen LogP contribution in [0.5, 0.6) is 0 Å². The number of aryl methyl sites for hydroxylation is 2. The largest absolute Gasteiger partial charge is 0.477 e. The molecule has 0 unspecified atom stereocenters. The first-order chi connectivity index (χ1) is 5.04. The molecule has 0 amide bonds. The molecule has 0 fully saturated rings. The van der Waals surface area contributed by atoms with Gasteiger partial charge in [0.2, 0.25) is 0 Å². The molecule has 1 rings (SSSR count). The van der Waals surface area contributed by atoms with Gasteiger partial charge in [0.25, 0.3) is 0 Å². The Morgan fingerprint density at radius 3 is 2.27 bits per heavy atom. The molecule has 0 aliphatic heterocycles. The molecule has 0 aliphatic carbocycles. The summed E-state index contributed by atoms with van der Waals surface area (Å²) in [6.07, 6.45) is 1.82. The summed E-state index contributed by atoms with van der Waals surface area (Å²) in [5.74, 6) is -0.863. The minimum absolute atomic E-state index is 0.377. The molecule has 1 aromatic rings. The van der Waals surface area contributed by atoms with Crippen molar-refractivity contribution in [1.82, 2.24) is 4.57 Å². The number of carboxylic acids is 1. The topological polar surface area (TPSA) is 42.2 Å². The Bertz CT molecular complexity index is 299. The monoisotopic (exact) mass is 153 g/mol. The lowest BCUT2D eigenvalue weighted by Gasteiger charge is -1.96. The molecule has 11 heavy (non-hydrogen) atoms. The summed E-state index contributed by atoms with van der Waals surface area (Å²) in [5, 5.41) is 8.74. The van der Waals surface area contributed by atoms with E-state index in [1.165, 1.54) is 0 Å². The van der Waals surface area contributed by atoms with Gasteiger partial charge in [-0.2, -0.15) is 0 Å². The Labute approximate surface area is 65.3 Å². The van der Waals surface area contributed by atoms with Crippen LogP contribution in [0.4, 0.5) is 0 Å². The molecule has 1 heterocycles. The second-order valence-electron chi connectivity index (χ2n) is 2.70. The van der Waals surface area contributed by atoms with E-state index in [0.717, 1.165) is 11.1 Å². The van der Waals surface area contributed by atoms with Crippen LogP contribution < -0.4 is 0 Å². The van der Waals surface area contributed by atoms with Crippen LogP contribution in [0.2, 0.25) is 0 Å². The van der Waals surface area contributed by atoms with Gasteiger partial charge < -0.3 is 9.67 Å². The molecule has 0 radical (unpaired) electrons. The predicted molar refractivity (Wildman–Crippen MR) is 41.8 cm³/mol. The molecule has 0 saturated carbocycles. The van der Waals surface area contributed by atoms with Gasteiger partial charge in [0, 0.05) is 13.2 Å². The molecule has 0 bridgehead atoms. The SMILES string of the molecule is Cc1cn(C)c(C(=O)O)c1C. The van der Waals surface area contributed by atoms with Crippen LogP contribution in [0.1, 0.15) is 21.6 Å². The Morgan fingerprint density at radius 2 is 2.09 bits per heavy atom. The van der Waals surface area contributed by atoms with Crippen molar-refractivity contribution >= 4 is 5.97 Å². The van der Waals surface area contributed by atoms with Gasteiger partial charge in [-0.25, -0.2) is 4.79 Å². The lowest BCUT2D eigenvalue weighted by molar-refractivity contribution is 0.0685. The summed E-state index contributed by atoms with van der Waals surface area (Å²) >= 11 is 0. The fourth-order valence-electron chi connectivity index (χ4n) is 1.21. The first-order valence-electron chi connectivity index (χ1n) is 3.40. The van der Waals surface area contributed by atoms with E-state index < -0.39 is 5.97 Å². The van der Waals surface area contributed by atoms with Crippen molar-refractivity contribution in [3.8, 4) is 0 Å². The van der Waals surface area contributed by atoms with E-state index in [2.05, 4.69) is 0 Å². The van der Waals surface area contributed by atoms with Crippen LogP contribution in [0.15, 0.2) is 6.20 Å². The van der Waals surface area contributed by atoms with Crippen LogP contribution in [0, 0.1) is 13.8 Å². The third-order valence-corrected chi connectivity index (χ3v) is 1.89. The molecule has 0 atom stereocenters. The van der Waals surface area contributed by atoms with E-state index in [-0.39, 0.29) is 0 Å². The van der Waals surface area contributed by atoms with Crippen molar-refractivity contribution < 1.29 is 9.90 Å². The van der Waals surface area contributed by atoms with Gasteiger partial charge in [-0.1, -0.05) is 0 Å². The zero-order chi connectivity index (χ0) is 8.59. The molecular formula is C8H11NO2. The van der Waals surface area contributed by atoms with Crippen molar-refractivity contribution in [2.75, 3.05) is 0 Å². The van der Waals surface area contributed by atoms with Crippen molar-refractivity contribution in [3.05, 3.63) is 23.0 Å². The zero-order valence-corrected chi connectivity index (χ0v) is 6.88. The smallest absolute Gasteiger partial charge is 0.352 e. The van der Waals surface area contributed by atoms with Gasteiger partial charge in [-0.15, -0.1) is 0 Å². The third-order valence-electron chi connectivity index (χ3n) is 1.89. The van der Waals surface area contributed by atoms with E-state index in [1.54, 1.807) is 11.6 Å². The molecule has 1 N–H and O–H groups in total. The number of carbonyl (C=O) groups is 1.